The Morgan fingerprint density at radius 1 is 1.61 bits per heavy atom. The van der Waals surface area contributed by atoms with Gasteiger partial charge in [0, 0.05) is 12.6 Å². The highest BCUT2D eigenvalue weighted by Gasteiger charge is 2.45. The fourth-order valence-electron chi connectivity index (χ4n) is 3.47. The molecule has 1 amide bonds. The van der Waals surface area contributed by atoms with Gasteiger partial charge in [-0.25, -0.2) is 0 Å². The normalized spacial score (nSPS) is 32.8. The smallest absolute Gasteiger partial charge is 0.237 e. The standard InChI is InChI=1S/C14H23N3O/c1-4-6-16-14(18)10(3)17-9-11-7-15-8-12(11)13(17)5-2/h1,10-13,15H,5-9H2,2-3H3,(H,16,18). The van der Waals surface area contributed by atoms with Crippen LogP contribution in [0.15, 0.2) is 0 Å². The van der Waals surface area contributed by atoms with E-state index in [0.717, 1.165) is 26.1 Å². The lowest BCUT2D eigenvalue weighted by atomic mass is 9.92. The Morgan fingerprint density at radius 3 is 3.06 bits per heavy atom. The van der Waals surface area contributed by atoms with Crippen LogP contribution in [0.2, 0.25) is 0 Å². The van der Waals surface area contributed by atoms with Crippen molar-refractivity contribution in [3.05, 3.63) is 0 Å². The number of amides is 1. The molecule has 0 aromatic heterocycles. The van der Waals surface area contributed by atoms with Crippen LogP contribution < -0.4 is 10.6 Å². The van der Waals surface area contributed by atoms with E-state index in [4.69, 9.17) is 6.42 Å². The molecule has 2 aliphatic rings. The summed E-state index contributed by atoms with van der Waals surface area (Å²) in [6, 6.07) is 0.450. The molecule has 0 aliphatic carbocycles. The summed E-state index contributed by atoms with van der Waals surface area (Å²) in [6.07, 6.45) is 6.28. The lowest BCUT2D eigenvalue weighted by Crippen LogP contribution is -2.49. The molecule has 18 heavy (non-hydrogen) atoms. The summed E-state index contributed by atoms with van der Waals surface area (Å²) in [7, 11) is 0. The molecular weight excluding hydrogens is 226 g/mol. The van der Waals surface area contributed by atoms with Crippen molar-refractivity contribution < 1.29 is 4.79 Å². The van der Waals surface area contributed by atoms with Crippen molar-refractivity contribution in [3.8, 4) is 12.3 Å². The van der Waals surface area contributed by atoms with Crippen molar-refractivity contribution in [3.63, 3.8) is 0 Å². The molecule has 2 rings (SSSR count). The SMILES string of the molecule is C#CCNC(=O)C(C)N1CC2CNCC2C1CC. The van der Waals surface area contributed by atoms with Crippen LogP contribution in [0.4, 0.5) is 0 Å². The highest BCUT2D eigenvalue weighted by atomic mass is 16.2. The van der Waals surface area contributed by atoms with Gasteiger partial charge in [0.2, 0.25) is 5.91 Å². The zero-order valence-corrected chi connectivity index (χ0v) is 11.3. The van der Waals surface area contributed by atoms with Gasteiger partial charge in [0.05, 0.1) is 12.6 Å². The maximum absolute atomic E-state index is 12.0. The first-order valence-electron chi connectivity index (χ1n) is 6.86. The van der Waals surface area contributed by atoms with Crippen LogP contribution in [0.1, 0.15) is 20.3 Å². The Kier molecular flexibility index (Phi) is 4.26. The van der Waals surface area contributed by atoms with Gasteiger partial charge in [0.15, 0.2) is 0 Å². The molecule has 2 aliphatic heterocycles. The van der Waals surface area contributed by atoms with Crippen LogP contribution in [0.25, 0.3) is 0 Å². The second kappa shape index (κ2) is 5.73. The molecule has 2 N–H and O–H groups in total. The first-order valence-corrected chi connectivity index (χ1v) is 6.86. The second-order valence-electron chi connectivity index (χ2n) is 5.35. The molecule has 2 fully saturated rings. The van der Waals surface area contributed by atoms with Crippen LogP contribution in [0.3, 0.4) is 0 Å². The van der Waals surface area contributed by atoms with E-state index in [2.05, 4.69) is 28.4 Å². The number of carbonyl (C=O) groups excluding carboxylic acids is 1. The Bertz CT molecular complexity index is 349. The predicted molar refractivity (Wildman–Crippen MR) is 71.9 cm³/mol. The number of hydrogen-bond acceptors (Lipinski definition) is 3. The summed E-state index contributed by atoms with van der Waals surface area (Å²) in [5.74, 6) is 3.92. The number of nitrogens with one attached hydrogen (secondary N) is 2. The zero-order valence-electron chi connectivity index (χ0n) is 11.3. The van der Waals surface area contributed by atoms with Gasteiger partial charge in [0.25, 0.3) is 0 Å². The third-order valence-electron chi connectivity index (χ3n) is 4.42. The molecule has 0 bridgehead atoms. The molecule has 4 atom stereocenters. The molecule has 0 radical (unpaired) electrons. The van der Waals surface area contributed by atoms with E-state index in [1.54, 1.807) is 0 Å². The van der Waals surface area contributed by atoms with Gasteiger partial charge < -0.3 is 10.6 Å². The number of likely N-dealkylation sites (tertiary alicyclic amines) is 1. The second-order valence-corrected chi connectivity index (χ2v) is 5.35. The molecule has 0 aromatic rings. The van der Waals surface area contributed by atoms with Crippen molar-refractivity contribution in [1.82, 2.24) is 15.5 Å². The fraction of sp³-hybridized carbons (Fsp3) is 0.786. The van der Waals surface area contributed by atoms with Gasteiger partial charge in [0.1, 0.15) is 0 Å². The van der Waals surface area contributed by atoms with E-state index < -0.39 is 0 Å². The van der Waals surface area contributed by atoms with Gasteiger partial charge in [-0.05, 0) is 38.3 Å². The maximum atomic E-state index is 12.0. The molecule has 0 saturated carbocycles. The number of fused-ring (bicyclic) bond motifs is 1. The summed E-state index contributed by atoms with van der Waals surface area (Å²) >= 11 is 0. The Labute approximate surface area is 109 Å². The predicted octanol–water partition coefficient (Wildman–Crippen LogP) is 0.0541. The average molecular weight is 249 g/mol. The fourth-order valence-corrected chi connectivity index (χ4v) is 3.47. The Balaban J connectivity index is 2.00. The topological polar surface area (TPSA) is 44.4 Å². The molecule has 0 spiro atoms. The van der Waals surface area contributed by atoms with Crippen molar-refractivity contribution in [2.75, 3.05) is 26.2 Å². The van der Waals surface area contributed by atoms with E-state index in [9.17, 15) is 4.79 Å². The van der Waals surface area contributed by atoms with E-state index in [1.807, 2.05) is 6.92 Å². The van der Waals surface area contributed by atoms with E-state index in [-0.39, 0.29) is 11.9 Å². The summed E-state index contributed by atoms with van der Waals surface area (Å²) in [4.78, 5) is 14.4. The first kappa shape index (κ1) is 13.4. The van der Waals surface area contributed by atoms with Crippen molar-refractivity contribution >= 4 is 5.91 Å². The minimum atomic E-state index is -0.0751. The van der Waals surface area contributed by atoms with Crippen molar-refractivity contribution in [2.45, 2.75) is 32.4 Å². The third-order valence-corrected chi connectivity index (χ3v) is 4.42. The van der Waals surface area contributed by atoms with Crippen molar-refractivity contribution in [1.29, 1.82) is 0 Å². The first-order chi connectivity index (χ1) is 8.69. The quantitative estimate of drug-likeness (QED) is 0.692. The monoisotopic (exact) mass is 249 g/mol. The highest BCUT2D eigenvalue weighted by Crippen LogP contribution is 2.35. The van der Waals surface area contributed by atoms with E-state index in [1.165, 1.54) is 0 Å². The third kappa shape index (κ3) is 2.38. The van der Waals surface area contributed by atoms with Gasteiger partial charge in [-0.15, -0.1) is 6.42 Å². The summed E-state index contributed by atoms with van der Waals surface area (Å²) in [5, 5.41) is 6.24. The maximum Gasteiger partial charge on any atom is 0.237 e. The molecular formula is C14H23N3O. The zero-order chi connectivity index (χ0) is 13.1. The summed E-state index contributed by atoms with van der Waals surface area (Å²) < 4.78 is 0. The number of rotatable bonds is 4. The van der Waals surface area contributed by atoms with Gasteiger partial charge in [-0.1, -0.05) is 12.8 Å². The van der Waals surface area contributed by atoms with E-state index >= 15 is 0 Å². The van der Waals surface area contributed by atoms with Crippen molar-refractivity contribution in [2.24, 2.45) is 11.8 Å². The molecule has 100 valence electrons. The average Bonchev–Trinajstić information content (AvgIpc) is 2.94. The van der Waals surface area contributed by atoms with Crippen LogP contribution in [0.5, 0.6) is 0 Å². The van der Waals surface area contributed by atoms with E-state index in [0.29, 0.717) is 24.4 Å². The van der Waals surface area contributed by atoms with Crippen LogP contribution >= 0.6 is 0 Å². The Morgan fingerprint density at radius 2 is 2.39 bits per heavy atom. The summed E-state index contributed by atoms with van der Waals surface area (Å²) in [5.41, 5.74) is 0. The highest BCUT2D eigenvalue weighted by molar-refractivity contribution is 5.81. The van der Waals surface area contributed by atoms with Gasteiger partial charge in [-0.2, -0.15) is 0 Å². The number of hydrogen-bond donors (Lipinski definition) is 2. The molecule has 4 unspecified atom stereocenters. The number of carbonyl (C=O) groups is 1. The van der Waals surface area contributed by atoms with Gasteiger partial charge in [-0.3, -0.25) is 9.69 Å². The molecule has 4 nitrogen and oxygen atoms in total. The lowest BCUT2D eigenvalue weighted by molar-refractivity contribution is -0.126. The molecule has 2 saturated heterocycles. The minimum absolute atomic E-state index is 0.0549. The number of terminal acetylenes is 1. The van der Waals surface area contributed by atoms with Crippen LogP contribution in [-0.2, 0) is 4.79 Å². The molecule has 4 heteroatoms. The lowest BCUT2D eigenvalue weighted by Gasteiger charge is -2.31. The number of nitrogens with zero attached hydrogens (tertiary/aromatic N) is 1. The largest absolute Gasteiger partial charge is 0.344 e. The minimum Gasteiger partial charge on any atom is -0.344 e. The molecule has 2 heterocycles. The van der Waals surface area contributed by atoms with Crippen LogP contribution in [-0.4, -0.2) is 49.1 Å². The van der Waals surface area contributed by atoms with Gasteiger partial charge >= 0.3 is 0 Å². The Hall–Kier alpha value is -1.05. The summed E-state index contributed by atoms with van der Waals surface area (Å²) in [6.45, 7) is 7.74. The molecule has 0 aromatic carbocycles. The van der Waals surface area contributed by atoms with Crippen LogP contribution in [0, 0.1) is 24.2 Å².